The minimum absolute atomic E-state index is 0.0628. The first-order valence-electron chi connectivity index (χ1n) is 8.38. The maximum absolute atomic E-state index is 12.9. The van der Waals surface area contributed by atoms with E-state index < -0.39 is 21.1 Å². The molecule has 0 saturated heterocycles. The molecule has 0 bridgehead atoms. The van der Waals surface area contributed by atoms with Crippen molar-refractivity contribution >= 4 is 22.7 Å². The first-order valence-corrected chi connectivity index (χ1v) is 10.3. The van der Waals surface area contributed by atoms with Gasteiger partial charge in [0, 0.05) is 5.56 Å². The number of thiol groups is 1. The second kappa shape index (κ2) is 8.33. The molecular formula is C20H14N4O4S2. The summed E-state index contributed by atoms with van der Waals surface area (Å²) in [6.45, 7) is 0. The SMILES string of the molecule is COc1ccc(-c2c(C#N)c(S)n(NS(=O)(=O)c3ccccc3)c(=O)c2C#N)cc1. The highest BCUT2D eigenvalue weighted by Gasteiger charge is 2.24. The minimum atomic E-state index is -4.17. The Morgan fingerprint density at radius 2 is 1.60 bits per heavy atom. The van der Waals surface area contributed by atoms with Crippen LogP contribution in [0.15, 0.2) is 69.3 Å². The lowest BCUT2D eigenvalue weighted by molar-refractivity contribution is 0.415. The summed E-state index contributed by atoms with van der Waals surface area (Å²) < 4.78 is 31.0. The summed E-state index contributed by atoms with van der Waals surface area (Å²) in [6.07, 6.45) is 0. The van der Waals surface area contributed by atoms with Crippen molar-refractivity contribution in [1.82, 2.24) is 4.68 Å². The van der Waals surface area contributed by atoms with E-state index in [0.717, 1.165) is 0 Å². The number of nitriles is 2. The first-order chi connectivity index (χ1) is 14.3. The minimum Gasteiger partial charge on any atom is -0.497 e. The van der Waals surface area contributed by atoms with Gasteiger partial charge < -0.3 is 4.74 Å². The molecule has 0 aliphatic rings. The number of benzene rings is 2. The predicted octanol–water partition coefficient (Wildman–Crippen LogP) is 2.49. The van der Waals surface area contributed by atoms with E-state index in [1.807, 2.05) is 6.07 Å². The van der Waals surface area contributed by atoms with Crippen molar-refractivity contribution < 1.29 is 13.2 Å². The molecule has 1 aromatic heterocycles. The van der Waals surface area contributed by atoms with Crippen LogP contribution in [0.3, 0.4) is 0 Å². The Morgan fingerprint density at radius 3 is 2.13 bits per heavy atom. The van der Waals surface area contributed by atoms with Gasteiger partial charge in [0.2, 0.25) is 0 Å². The fourth-order valence-electron chi connectivity index (χ4n) is 2.78. The fourth-order valence-corrected chi connectivity index (χ4v) is 4.18. The molecule has 0 spiro atoms. The zero-order valence-corrected chi connectivity index (χ0v) is 17.2. The molecule has 2 aromatic carbocycles. The summed E-state index contributed by atoms with van der Waals surface area (Å²) >= 11 is 4.21. The van der Waals surface area contributed by atoms with Gasteiger partial charge in [-0.05, 0) is 29.8 Å². The van der Waals surface area contributed by atoms with Gasteiger partial charge in [0.05, 0.1) is 17.6 Å². The second-order valence-electron chi connectivity index (χ2n) is 5.95. The van der Waals surface area contributed by atoms with Gasteiger partial charge in [0.15, 0.2) is 0 Å². The zero-order valence-electron chi connectivity index (χ0n) is 15.5. The summed E-state index contributed by atoms with van der Waals surface area (Å²) in [4.78, 5) is 14.9. The van der Waals surface area contributed by atoms with Crippen LogP contribution in [0.5, 0.6) is 5.75 Å². The van der Waals surface area contributed by atoms with Crippen LogP contribution < -0.4 is 15.1 Å². The highest BCUT2D eigenvalue weighted by atomic mass is 32.2. The highest BCUT2D eigenvalue weighted by Crippen LogP contribution is 2.30. The normalized spacial score (nSPS) is 10.7. The molecule has 30 heavy (non-hydrogen) atoms. The molecule has 1 N–H and O–H groups in total. The Balaban J connectivity index is 2.24. The standard InChI is InChI=1S/C20H14N4O4S2/c1-28-14-9-7-13(8-10-14)18-16(11-21)19(25)24(20(29)17(18)12-22)23-30(26,27)15-5-3-2-4-6-15/h2-10,23,29H,1H3. The summed E-state index contributed by atoms with van der Waals surface area (Å²) in [7, 11) is -2.68. The molecule has 1 heterocycles. The number of rotatable bonds is 5. The summed E-state index contributed by atoms with van der Waals surface area (Å²) in [5, 5.41) is 19.1. The number of nitrogens with zero attached hydrogens (tertiary/aromatic N) is 3. The van der Waals surface area contributed by atoms with Crippen molar-refractivity contribution in [3.8, 4) is 29.0 Å². The van der Waals surface area contributed by atoms with Gasteiger partial charge in [-0.2, -0.15) is 18.9 Å². The number of pyridine rings is 1. The number of nitrogens with one attached hydrogen (secondary N) is 1. The van der Waals surface area contributed by atoms with Gasteiger partial charge >= 0.3 is 0 Å². The molecule has 0 amide bonds. The maximum Gasteiger partial charge on any atom is 0.289 e. The highest BCUT2D eigenvalue weighted by molar-refractivity contribution is 7.92. The average Bonchev–Trinajstić information content (AvgIpc) is 2.77. The number of sulfonamides is 1. The molecule has 0 atom stereocenters. The van der Waals surface area contributed by atoms with Crippen LogP contribution in [-0.2, 0) is 10.0 Å². The molecule has 3 rings (SSSR count). The van der Waals surface area contributed by atoms with Crippen LogP contribution in [0, 0.1) is 22.7 Å². The Labute approximate surface area is 178 Å². The van der Waals surface area contributed by atoms with Crippen LogP contribution in [-0.4, -0.2) is 20.2 Å². The first kappa shape index (κ1) is 21.0. The van der Waals surface area contributed by atoms with E-state index in [1.165, 1.54) is 31.4 Å². The van der Waals surface area contributed by atoms with Crippen LogP contribution in [0.4, 0.5) is 0 Å². The summed E-state index contributed by atoms with van der Waals surface area (Å²) in [5.41, 5.74) is -1.00. The Morgan fingerprint density at radius 1 is 1.00 bits per heavy atom. The molecule has 0 aliphatic heterocycles. The molecule has 8 nitrogen and oxygen atoms in total. The smallest absolute Gasteiger partial charge is 0.289 e. The Hall–Kier alpha value is -3.73. The quantitative estimate of drug-likeness (QED) is 0.590. The molecule has 0 saturated carbocycles. The zero-order chi connectivity index (χ0) is 21.9. The van der Waals surface area contributed by atoms with E-state index in [9.17, 15) is 23.7 Å². The molecule has 10 heteroatoms. The lowest BCUT2D eigenvalue weighted by atomic mass is 9.97. The van der Waals surface area contributed by atoms with Crippen molar-refractivity contribution in [2.75, 3.05) is 11.9 Å². The van der Waals surface area contributed by atoms with Crippen LogP contribution >= 0.6 is 12.6 Å². The van der Waals surface area contributed by atoms with Gasteiger partial charge in [0.25, 0.3) is 15.6 Å². The van der Waals surface area contributed by atoms with Crippen molar-refractivity contribution in [2.45, 2.75) is 9.92 Å². The average molecular weight is 438 g/mol. The Kier molecular flexibility index (Phi) is 5.83. The summed E-state index contributed by atoms with van der Waals surface area (Å²) in [6, 6.07) is 17.4. The van der Waals surface area contributed by atoms with Gasteiger partial charge in [0.1, 0.15) is 28.5 Å². The topological polar surface area (TPSA) is 125 Å². The maximum atomic E-state index is 12.9. The van der Waals surface area contributed by atoms with Crippen LogP contribution in [0.25, 0.3) is 11.1 Å². The number of methoxy groups -OCH3 is 1. The van der Waals surface area contributed by atoms with Crippen LogP contribution in [0.1, 0.15) is 11.1 Å². The third kappa shape index (κ3) is 3.74. The van der Waals surface area contributed by atoms with E-state index >= 15 is 0 Å². The van der Waals surface area contributed by atoms with E-state index in [1.54, 1.807) is 36.4 Å². The lowest BCUT2D eigenvalue weighted by Crippen LogP contribution is -2.36. The fraction of sp³-hybridized carbons (Fsp3) is 0.0500. The van der Waals surface area contributed by atoms with Crippen LogP contribution in [0.2, 0.25) is 0 Å². The molecule has 0 unspecified atom stereocenters. The largest absolute Gasteiger partial charge is 0.497 e. The van der Waals surface area contributed by atoms with Crippen molar-refractivity contribution in [1.29, 1.82) is 10.5 Å². The molecule has 0 fully saturated rings. The van der Waals surface area contributed by atoms with E-state index in [4.69, 9.17) is 4.74 Å². The van der Waals surface area contributed by atoms with Gasteiger partial charge in [-0.25, -0.2) is 9.51 Å². The number of ether oxygens (including phenoxy) is 1. The van der Waals surface area contributed by atoms with Crippen molar-refractivity contribution in [2.24, 2.45) is 0 Å². The van der Waals surface area contributed by atoms with Crippen molar-refractivity contribution in [3.63, 3.8) is 0 Å². The second-order valence-corrected chi connectivity index (χ2v) is 8.03. The van der Waals surface area contributed by atoms with Gasteiger partial charge in [-0.3, -0.25) is 4.79 Å². The van der Waals surface area contributed by atoms with Gasteiger partial charge in [-0.1, -0.05) is 30.3 Å². The number of hydrogen-bond acceptors (Lipinski definition) is 7. The molecule has 150 valence electrons. The number of aromatic nitrogens is 1. The molecule has 3 aromatic rings. The Bertz CT molecular complexity index is 1350. The van der Waals surface area contributed by atoms with E-state index in [0.29, 0.717) is 16.0 Å². The van der Waals surface area contributed by atoms with Gasteiger partial charge in [-0.15, -0.1) is 12.6 Å². The molecule has 0 aliphatic carbocycles. The molecular weight excluding hydrogens is 424 g/mol. The predicted molar refractivity (Wildman–Crippen MR) is 112 cm³/mol. The number of hydrogen-bond donors (Lipinski definition) is 2. The van der Waals surface area contributed by atoms with Crippen molar-refractivity contribution in [3.05, 3.63) is 76.1 Å². The van der Waals surface area contributed by atoms with E-state index in [2.05, 4.69) is 17.5 Å². The third-order valence-electron chi connectivity index (χ3n) is 4.22. The monoisotopic (exact) mass is 438 g/mol. The molecule has 0 radical (unpaired) electrons. The lowest BCUT2D eigenvalue weighted by Gasteiger charge is -2.17. The van der Waals surface area contributed by atoms with E-state index in [-0.39, 0.29) is 21.0 Å². The summed E-state index contributed by atoms with van der Waals surface area (Å²) in [5.74, 6) is 0.547. The third-order valence-corrected chi connectivity index (χ3v) is 5.96.